The summed E-state index contributed by atoms with van der Waals surface area (Å²) in [6.45, 7) is -1.27. The number of benzene rings is 2. The van der Waals surface area contributed by atoms with Gasteiger partial charge in [0.1, 0.15) is 0 Å². The Hall–Kier alpha value is -2.48. The smallest absolute Gasteiger partial charge is 0.387 e. The SMILES string of the molecule is C/C=C/CCC1CCC(C#Cc2cccc3c(F)c(OC(F)F)c(F)cc23)CC1. The number of fused-ring (bicyclic) bond motifs is 1. The summed E-state index contributed by atoms with van der Waals surface area (Å²) in [5, 5.41) is 0.276. The summed E-state index contributed by atoms with van der Waals surface area (Å²) >= 11 is 0. The lowest BCUT2D eigenvalue weighted by atomic mass is 9.80. The maximum atomic E-state index is 14.5. The van der Waals surface area contributed by atoms with E-state index in [0.717, 1.165) is 44.1 Å². The van der Waals surface area contributed by atoms with E-state index in [-0.39, 0.29) is 16.7 Å². The molecule has 2 aromatic rings. The monoisotopic (exact) mass is 404 g/mol. The van der Waals surface area contributed by atoms with Gasteiger partial charge in [0.15, 0.2) is 17.4 Å². The molecule has 0 saturated heterocycles. The molecule has 0 atom stereocenters. The fourth-order valence-corrected chi connectivity index (χ4v) is 3.91. The number of hydrogen-bond donors (Lipinski definition) is 0. The molecule has 0 unspecified atom stereocenters. The normalized spacial score (nSPS) is 19.5. The van der Waals surface area contributed by atoms with Gasteiger partial charge in [-0.1, -0.05) is 36.1 Å². The summed E-state index contributed by atoms with van der Waals surface area (Å²) < 4.78 is 57.5. The number of rotatable bonds is 5. The van der Waals surface area contributed by atoms with Crippen LogP contribution in [0, 0.1) is 35.3 Å². The lowest BCUT2D eigenvalue weighted by Crippen LogP contribution is -2.13. The molecular weight excluding hydrogens is 380 g/mol. The average molecular weight is 404 g/mol. The van der Waals surface area contributed by atoms with Crippen molar-refractivity contribution in [2.45, 2.75) is 52.1 Å². The predicted octanol–water partition coefficient (Wildman–Crippen LogP) is 7.23. The van der Waals surface area contributed by atoms with Gasteiger partial charge in [0.2, 0.25) is 0 Å². The van der Waals surface area contributed by atoms with Gasteiger partial charge in [0.25, 0.3) is 0 Å². The Bertz CT molecular complexity index is 931. The third kappa shape index (κ3) is 5.32. The fourth-order valence-electron chi connectivity index (χ4n) is 3.91. The molecule has 0 aromatic heterocycles. The zero-order valence-electron chi connectivity index (χ0n) is 16.4. The van der Waals surface area contributed by atoms with Crippen molar-refractivity contribution in [2.75, 3.05) is 0 Å². The fraction of sp³-hybridized carbons (Fsp3) is 0.417. The van der Waals surface area contributed by atoms with E-state index in [9.17, 15) is 17.6 Å². The van der Waals surface area contributed by atoms with Gasteiger partial charge in [0.05, 0.1) is 0 Å². The lowest BCUT2D eigenvalue weighted by molar-refractivity contribution is -0.0544. The van der Waals surface area contributed by atoms with Crippen LogP contribution in [0.4, 0.5) is 17.6 Å². The highest BCUT2D eigenvalue weighted by atomic mass is 19.3. The maximum absolute atomic E-state index is 14.5. The van der Waals surface area contributed by atoms with Crippen LogP contribution in [-0.2, 0) is 0 Å². The van der Waals surface area contributed by atoms with E-state index >= 15 is 0 Å². The topological polar surface area (TPSA) is 9.23 Å². The van der Waals surface area contributed by atoms with Crippen LogP contribution in [0.2, 0.25) is 0 Å². The van der Waals surface area contributed by atoms with E-state index in [4.69, 9.17) is 0 Å². The third-order valence-corrected chi connectivity index (χ3v) is 5.47. The molecule has 0 radical (unpaired) electrons. The molecule has 154 valence electrons. The van der Waals surface area contributed by atoms with Crippen molar-refractivity contribution >= 4 is 10.8 Å². The van der Waals surface area contributed by atoms with Crippen molar-refractivity contribution in [1.29, 1.82) is 0 Å². The van der Waals surface area contributed by atoms with E-state index < -0.39 is 24.0 Å². The highest BCUT2D eigenvalue weighted by Gasteiger charge is 2.21. The molecule has 1 saturated carbocycles. The van der Waals surface area contributed by atoms with Gasteiger partial charge in [-0.25, -0.2) is 8.78 Å². The van der Waals surface area contributed by atoms with Crippen molar-refractivity contribution in [2.24, 2.45) is 11.8 Å². The van der Waals surface area contributed by atoms with E-state index in [1.165, 1.54) is 12.5 Å². The van der Waals surface area contributed by atoms with Gasteiger partial charge >= 0.3 is 6.61 Å². The minimum Gasteiger partial charge on any atom is -0.429 e. The molecule has 3 rings (SSSR count). The van der Waals surface area contributed by atoms with Gasteiger partial charge in [-0.05, 0) is 63.5 Å². The summed E-state index contributed by atoms with van der Waals surface area (Å²) in [4.78, 5) is 0. The zero-order valence-corrected chi connectivity index (χ0v) is 16.4. The molecule has 0 amide bonds. The van der Waals surface area contributed by atoms with Gasteiger partial charge in [-0.15, -0.1) is 0 Å². The van der Waals surface area contributed by atoms with Crippen LogP contribution in [0.3, 0.4) is 0 Å². The number of ether oxygens (including phenoxy) is 1. The number of halogens is 4. The minimum atomic E-state index is -3.30. The van der Waals surface area contributed by atoms with Crippen molar-refractivity contribution in [3.63, 3.8) is 0 Å². The first kappa shape index (κ1) is 21.2. The predicted molar refractivity (Wildman–Crippen MR) is 107 cm³/mol. The first-order chi connectivity index (χ1) is 14.0. The van der Waals surface area contributed by atoms with Crippen molar-refractivity contribution in [3.05, 3.63) is 53.6 Å². The number of allylic oxidation sites excluding steroid dienone is 2. The Morgan fingerprint density at radius 3 is 2.59 bits per heavy atom. The van der Waals surface area contributed by atoms with Gasteiger partial charge in [-0.3, -0.25) is 0 Å². The Morgan fingerprint density at radius 2 is 1.90 bits per heavy atom. The largest absolute Gasteiger partial charge is 0.429 e. The summed E-state index contributed by atoms with van der Waals surface area (Å²) in [6.07, 6.45) is 10.9. The second kappa shape index (κ2) is 9.82. The zero-order chi connectivity index (χ0) is 20.8. The molecule has 0 aliphatic heterocycles. The molecule has 1 aliphatic carbocycles. The Balaban J connectivity index is 1.77. The molecule has 29 heavy (non-hydrogen) atoms. The Kier molecular flexibility index (Phi) is 7.19. The van der Waals surface area contributed by atoms with Gasteiger partial charge in [-0.2, -0.15) is 8.78 Å². The quantitative estimate of drug-likeness (QED) is 0.290. The van der Waals surface area contributed by atoms with Crippen molar-refractivity contribution in [1.82, 2.24) is 0 Å². The standard InChI is InChI=1S/C24H24F4O/c1-2-3-4-6-16-9-11-17(12-10-16)13-14-18-7-5-8-19-20(18)15-21(25)23(22(19)26)29-24(27)28/h2-3,5,7-8,15-17,24H,4,6,9-12H2,1H3/b3-2+. The maximum Gasteiger partial charge on any atom is 0.387 e. The van der Waals surface area contributed by atoms with Crippen LogP contribution >= 0.6 is 0 Å². The summed E-state index contributed by atoms with van der Waals surface area (Å²) in [5.74, 6) is 3.94. The summed E-state index contributed by atoms with van der Waals surface area (Å²) in [6, 6.07) is 5.68. The molecule has 2 aromatic carbocycles. The van der Waals surface area contributed by atoms with Crippen LogP contribution in [0.5, 0.6) is 5.75 Å². The molecule has 0 spiro atoms. The van der Waals surface area contributed by atoms with Crippen LogP contribution < -0.4 is 4.74 Å². The second-order valence-electron chi connectivity index (χ2n) is 7.41. The number of alkyl halides is 2. The van der Waals surface area contributed by atoms with Crippen LogP contribution in [-0.4, -0.2) is 6.61 Å². The van der Waals surface area contributed by atoms with Crippen LogP contribution in [0.25, 0.3) is 10.8 Å². The van der Waals surface area contributed by atoms with Gasteiger partial charge in [0, 0.05) is 22.3 Å². The first-order valence-corrected chi connectivity index (χ1v) is 9.97. The van der Waals surface area contributed by atoms with Crippen LogP contribution in [0.15, 0.2) is 36.4 Å². The molecule has 0 N–H and O–H groups in total. The molecule has 5 heteroatoms. The Labute approximate surface area is 168 Å². The van der Waals surface area contributed by atoms with E-state index in [0.29, 0.717) is 5.56 Å². The first-order valence-electron chi connectivity index (χ1n) is 9.97. The molecule has 0 bridgehead atoms. The molecule has 1 fully saturated rings. The van der Waals surface area contributed by atoms with E-state index in [1.807, 2.05) is 6.92 Å². The highest BCUT2D eigenvalue weighted by Crippen LogP contribution is 2.33. The van der Waals surface area contributed by atoms with Crippen molar-refractivity contribution < 1.29 is 22.3 Å². The molecular formula is C24H24F4O. The molecule has 1 aliphatic rings. The number of hydrogen-bond acceptors (Lipinski definition) is 1. The third-order valence-electron chi connectivity index (χ3n) is 5.47. The van der Waals surface area contributed by atoms with Gasteiger partial charge < -0.3 is 4.74 Å². The van der Waals surface area contributed by atoms with E-state index in [2.05, 4.69) is 28.7 Å². The van der Waals surface area contributed by atoms with E-state index in [1.54, 1.807) is 12.1 Å². The minimum absolute atomic E-state index is 0.0153. The van der Waals surface area contributed by atoms with Crippen LogP contribution in [0.1, 0.15) is 51.0 Å². The molecule has 1 nitrogen and oxygen atoms in total. The molecule has 0 heterocycles. The summed E-state index contributed by atoms with van der Waals surface area (Å²) in [7, 11) is 0. The lowest BCUT2D eigenvalue weighted by Gasteiger charge is -2.25. The Morgan fingerprint density at radius 1 is 1.14 bits per heavy atom. The van der Waals surface area contributed by atoms with Crippen molar-refractivity contribution in [3.8, 4) is 17.6 Å². The average Bonchev–Trinajstić information content (AvgIpc) is 2.71. The highest BCUT2D eigenvalue weighted by molar-refractivity contribution is 5.90. The summed E-state index contributed by atoms with van der Waals surface area (Å²) in [5.41, 5.74) is 0.485. The second-order valence-corrected chi connectivity index (χ2v) is 7.41.